The summed E-state index contributed by atoms with van der Waals surface area (Å²) in [6.07, 6.45) is 1.04. The van der Waals surface area contributed by atoms with Crippen LogP contribution in [0, 0.1) is 5.92 Å². The Morgan fingerprint density at radius 2 is 2.30 bits per heavy atom. The molecule has 4 heteroatoms. The standard InChI is InChI=1S/C6H12FNOS/c1-6(2)5-10(9)8-4-3-7/h4,6H,3,5H2,1-2H3/t10-/m0/s1. The van der Waals surface area contributed by atoms with Gasteiger partial charge in [-0.3, -0.25) is 0 Å². The predicted molar refractivity (Wildman–Crippen MR) is 42.3 cm³/mol. The molecule has 0 rings (SSSR count). The number of rotatable bonds is 4. The van der Waals surface area contributed by atoms with Crippen LogP contribution in [0.2, 0.25) is 0 Å². The Bertz CT molecular complexity index is 136. The van der Waals surface area contributed by atoms with Crippen molar-refractivity contribution in [3.63, 3.8) is 0 Å². The molecule has 10 heavy (non-hydrogen) atoms. The zero-order chi connectivity index (χ0) is 7.98. The highest BCUT2D eigenvalue weighted by Gasteiger charge is 1.98. The molecule has 60 valence electrons. The maximum atomic E-state index is 11.4. The van der Waals surface area contributed by atoms with Crippen LogP contribution in [0.5, 0.6) is 0 Å². The molecule has 1 atom stereocenters. The van der Waals surface area contributed by atoms with E-state index in [4.69, 9.17) is 0 Å². The van der Waals surface area contributed by atoms with Crippen LogP contribution in [0.4, 0.5) is 4.39 Å². The first kappa shape index (κ1) is 9.75. The molecule has 0 N–H and O–H groups in total. The van der Waals surface area contributed by atoms with E-state index in [-0.39, 0.29) is 0 Å². The van der Waals surface area contributed by atoms with Crippen molar-refractivity contribution in [2.24, 2.45) is 10.3 Å². The predicted octanol–water partition coefficient (Wildman–Crippen LogP) is 1.35. The number of alkyl halides is 1. The molecule has 0 aromatic rings. The zero-order valence-corrected chi connectivity index (χ0v) is 7.03. The normalized spacial score (nSPS) is 14.8. The number of nitrogens with zero attached hydrogens (tertiary/aromatic N) is 1. The summed E-state index contributed by atoms with van der Waals surface area (Å²) in [7, 11) is -1.22. The summed E-state index contributed by atoms with van der Waals surface area (Å²) in [5.41, 5.74) is 0. The molecule has 0 bridgehead atoms. The average Bonchev–Trinajstić information content (AvgIpc) is 1.82. The van der Waals surface area contributed by atoms with E-state index in [1.54, 1.807) is 0 Å². The van der Waals surface area contributed by atoms with Crippen molar-refractivity contribution < 1.29 is 8.60 Å². The summed E-state index contributed by atoms with van der Waals surface area (Å²) >= 11 is 0. The molecule has 0 amide bonds. The third-order valence-electron chi connectivity index (χ3n) is 0.737. The molecule has 2 nitrogen and oxygen atoms in total. The molecule has 0 saturated heterocycles. The second-order valence-corrected chi connectivity index (χ2v) is 3.51. The molecule has 0 saturated carbocycles. The maximum absolute atomic E-state index is 11.4. The largest absolute Gasteiger partial charge is 0.245 e. The molecule has 0 aromatic carbocycles. The van der Waals surface area contributed by atoms with Gasteiger partial charge in [-0.25, -0.2) is 8.60 Å². The fourth-order valence-corrected chi connectivity index (χ4v) is 1.32. The number of hydrogen-bond donors (Lipinski definition) is 0. The highest BCUT2D eigenvalue weighted by Crippen LogP contribution is 1.95. The van der Waals surface area contributed by atoms with E-state index in [0.29, 0.717) is 11.7 Å². The van der Waals surface area contributed by atoms with E-state index >= 15 is 0 Å². The van der Waals surface area contributed by atoms with Gasteiger partial charge < -0.3 is 0 Å². The van der Waals surface area contributed by atoms with Gasteiger partial charge in [0.2, 0.25) is 0 Å². The highest BCUT2D eigenvalue weighted by molar-refractivity contribution is 7.83. The summed E-state index contributed by atoms with van der Waals surface area (Å²) in [6.45, 7) is 3.26. The summed E-state index contributed by atoms with van der Waals surface area (Å²) in [5.74, 6) is 0.855. The lowest BCUT2D eigenvalue weighted by molar-refractivity contribution is 0.588. The van der Waals surface area contributed by atoms with E-state index in [0.717, 1.165) is 6.21 Å². The fraction of sp³-hybridized carbons (Fsp3) is 0.833. The van der Waals surface area contributed by atoms with Crippen molar-refractivity contribution in [1.29, 1.82) is 0 Å². The van der Waals surface area contributed by atoms with Gasteiger partial charge >= 0.3 is 0 Å². The van der Waals surface area contributed by atoms with Crippen molar-refractivity contribution in [1.82, 2.24) is 0 Å². The second-order valence-electron chi connectivity index (χ2n) is 2.32. The van der Waals surface area contributed by atoms with Crippen LogP contribution in [-0.2, 0) is 11.0 Å². The Hall–Kier alpha value is -0.250. The Kier molecular flexibility index (Phi) is 5.39. The molecule has 0 aliphatic heterocycles. The van der Waals surface area contributed by atoms with Crippen molar-refractivity contribution in [3.05, 3.63) is 0 Å². The van der Waals surface area contributed by atoms with Gasteiger partial charge in [-0.1, -0.05) is 13.8 Å². The molecule has 0 heterocycles. The van der Waals surface area contributed by atoms with Gasteiger partial charge in [0.05, 0.1) is 0 Å². The lowest BCUT2D eigenvalue weighted by Gasteiger charge is -1.97. The number of halogens is 1. The first-order valence-electron chi connectivity index (χ1n) is 3.13. The number of hydrogen-bond acceptors (Lipinski definition) is 1. The topological polar surface area (TPSA) is 29.4 Å². The minimum atomic E-state index is -1.22. The molecule has 0 aliphatic rings. The minimum Gasteiger partial charge on any atom is -0.245 e. The highest BCUT2D eigenvalue weighted by atomic mass is 32.2. The van der Waals surface area contributed by atoms with Crippen LogP contribution >= 0.6 is 0 Å². The lowest BCUT2D eigenvalue weighted by Crippen LogP contribution is -2.01. The van der Waals surface area contributed by atoms with Gasteiger partial charge in [0.15, 0.2) is 0 Å². The van der Waals surface area contributed by atoms with E-state index < -0.39 is 17.7 Å². The quantitative estimate of drug-likeness (QED) is 0.578. The molecule has 0 spiro atoms. The minimum absolute atomic E-state index is 0.345. The van der Waals surface area contributed by atoms with Crippen LogP contribution in [0.15, 0.2) is 4.40 Å². The van der Waals surface area contributed by atoms with Gasteiger partial charge in [-0.15, -0.1) is 0 Å². The third kappa shape index (κ3) is 5.88. The second kappa shape index (κ2) is 5.53. The lowest BCUT2D eigenvalue weighted by atomic mass is 10.3. The van der Waals surface area contributed by atoms with E-state index in [2.05, 4.69) is 4.40 Å². The van der Waals surface area contributed by atoms with Gasteiger partial charge in [0.1, 0.15) is 17.7 Å². The Balaban J connectivity index is 3.54. The molecule has 0 unspecified atom stereocenters. The van der Waals surface area contributed by atoms with E-state index in [1.807, 2.05) is 13.8 Å². The Morgan fingerprint density at radius 3 is 2.70 bits per heavy atom. The van der Waals surface area contributed by atoms with Crippen molar-refractivity contribution in [3.8, 4) is 0 Å². The molecule has 0 aliphatic carbocycles. The molecular weight excluding hydrogens is 153 g/mol. The first-order chi connectivity index (χ1) is 4.66. The average molecular weight is 165 g/mol. The van der Waals surface area contributed by atoms with Crippen LogP contribution < -0.4 is 0 Å². The SMILES string of the molecule is CC(C)C[S@](=O)N=CCF. The van der Waals surface area contributed by atoms with Gasteiger partial charge in [0.25, 0.3) is 0 Å². The molecule has 0 aromatic heterocycles. The summed E-state index contributed by atoms with van der Waals surface area (Å²) in [4.78, 5) is 0. The zero-order valence-electron chi connectivity index (χ0n) is 6.21. The summed E-state index contributed by atoms with van der Waals surface area (Å²) in [5, 5.41) is 0. The Labute approximate surface area is 63.1 Å². The van der Waals surface area contributed by atoms with Gasteiger partial charge in [-0.05, 0) is 5.92 Å². The van der Waals surface area contributed by atoms with Crippen LogP contribution in [0.1, 0.15) is 13.8 Å². The maximum Gasteiger partial charge on any atom is 0.139 e. The van der Waals surface area contributed by atoms with Crippen LogP contribution in [0.3, 0.4) is 0 Å². The third-order valence-corrected chi connectivity index (χ3v) is 2.07. The summed E-state index contributed by atoms with van der Waals surface area (Å²) < 4.78 is 25.6. The molecule has 0 fully saturated rings. The first-order valence-corrected chi connectivity index (χ1v) is 4.41. The van der Waals surface area contributed by atoms with Crippen molar-refractivity contribution in [2.45, 2.75) is 13.8 Å². The fourth-order valence-electron chi connectivity index (χ4n) is 0.439. The van der Waals surface area contributed by atoms with Crippen LogP contribution in [0.25, 0.3) is 0 Å². The van der Waals surface area contributed by atoms with E-state index in [9.17, 15) is 8.60 Å². The Morgan fingerprint density at radius 1 is 1.70 bits per heavy atom. The molecular formula is C6H12FNOS. The van der Waals surface area contributed by atoms with Crippen molar-refractivity contribution >= 4 is 17.2 Å². The van der Waals surface area contributed by atoms with Gasteiger partial charge in [0, 0.05) is 12.0 Å². The van der Waals surface area contributed by atoms with Crippen molar-refractivity contribution in [2.75, 3.05) is 12.4 Å². The molecule has 0 radical (unpaired) electrons. The van der Waals surface area contributed by atoms with Crippen LogP contribution in [-0.4, -0.2) is 22.9 Å². The monoisotopic (exact) mass is 165 g/mol. The van der Waals surface area contributed by atoms with Gasteiger partial charge in [-0.2, -0.15) is 4.40 Å². The van der Waals surface area contributed by atoms with E-state index in [1.165, 1.54) is 0 Å². The smallest absolute Gasteiger partial charge is 0.139 e. The summed E-state index contributed by atoms with van der Waals surface area (Å²) in [6, 6.07) is 0.